The molecule has 0 atom stereocenters. The number of halogens is 1. The van der Waals surface area contributed by atoms with Crippen molar-refractivity contribution in [3.8, 4) is 0 Å². The van der Waals surface area contributed by atoms with E-state index in [0.717, 1.165) is 0 Å². The lowest BCUT2D eigenvalue weighted by atomic mass is 10.1. The van der Waals surface area contributed by atoms with E-state index in [9.17, 15) is 4.79 Å². The van der Waals surface area contributed by atoms with Crippen molar-refractivity contribution < 1.29 is 4.79 Å². The Morgan fingerprint density at radius 2 is 1.93 bits per heavy atom. The van der Waals surface area contributed by atoms with Gasteiger partial charge in [0.15, 0.2) is 0 Å². The van der Waals surface area contributed by atoms with Crippen LogP contribution in [0.3, 0.4) is 0 Å². The van der Waals surface area contributed by atoms with Crippen LogP contribution in [0, 0.1) is 0 Å². The predicted molar refractivity (Wildman–Crippen MR) is 63.1 cm³/mol. The van der Waals surface area contributed by atoms with Crippen molar-refractivity contribution in [2.75, 3.05) is 18.8 Å². The molecule has 0 spiro atoms. The largest absolute Gasteiger partial charge is 0.399 e. The first-order valence-electron chi connectivity index (χ1n) is 4.93. The third-order valence-electron chi connectivity index (χ3n) is 2.22. The Morgan fingerprint density at radius 1 is 1.33 bits per heavy atom. The number of anilines is 1. The van der Waals surface area contributed by atoms with Gasteiger partial charge in [0.05, 0.1) is 0 Å². The lowest BCUT2D eigenvalue weighted by Crippen LogP contribution is -2.30. The SMILES string of the molecule is CCN(CC)C(=O)c1cc(N)cc(Cl)c1. The lowest BCUT2D eigenvalue weighted by molar-refractivity contribution is 0.0773. The van der Waals surface area contributed by atoms with E-state index in [1.807, 2.05) is 13.8 Å². The van der Waals surface area contributed by atoms with Gasteiger partial charge in [0.1, 0.15) is 0 Å². The molecule has 0 aliphatic carbocycles. The second-order valence-corrected chi connectivity index (χ2v) is 3.69. The molecule has 0 fully saturated rings. The minimum absolute atomic E-state index is 0.0331. The average molecular weight is 227 g/mol. The summed E-state index contributed by atoms with van der Waals surface area (Å²) >= 11 is 5.83. The molecule has 0 aromatic heterocycles. The highest BCUT2D eigenvalue weighted by molar-refractivity contribution is 6.31. The molecule has 0 radical (unpaired) electrons. The smallest absolute Gasteiger partial charge is 0.253 e. The van der Waals surface area contributed by atoms with Gasteiger partial charge in [-0.25, -0.2) is 0 Å². The van der Waals surface area contributed by atoms with Crippen LogP contribution in [0.2, 0.25) is 5.02 Å². The molecule has 15 heavy (non-hydrogen) atoms. The van der Waals surface area contributed by atoms with Gasteiger partial charge < -0.3 is 10.6 Å². The van der Waals surface area contributed by atoms with Gasteiger partial charge in [0, 0.05) is 29.4 Å². The minimum Gasteiger partial charge on any atom is -0.399 e. The van der Waals surface area contributed by atoms with E-state index < -0.39 is 0 Å². The Balaban J connectivity index is 3.00. The first-order valence-corrected chi connectivity index (χ1v) is 5.31. The molecule has 0 aliphatic rings. The number of carbonyl (C=O) groups is 1. The Hall–Kier alpha value is -1.22. The van der Waals surface area contributed by atoms with Gasteiger partial charge in [0.25, 0.3) is 5.91 Å². The fourth-order valence-corrected chi connectivity index (χ4v) is 1.67. The molecule has 0 aliphatic heterocycles. The van der Waals surface area contributed by atoms with Crippen molar-refractivity contribution in [2.24, 2.45) is 0 Å². The molecule has 0 bridgehead atoms. The first-order chi connectivity index (χ1) is 7.08. The van der Waals surface area contributed by atoms with E-state index in [1.165, 1.54) is 0 Å². The van der Waals surface area contributed by atoms with Crippen LogP contribution in [0.1, 0.15) is 24.2 Å². The van der Waals surface area contributed by atoms with Crippen LogP contribution in [0.5, 0.6) is 0 Å². The second kappa shape index (κ2) is 5.03. The van der Waals surface area contributed by atoms with Gasteiger partial charge in [-0.05, 0) is 32.0 Å². The molecule has 0 saturated carbocycles. The summed E-state index contributed by atoms with van der Waals surface area (Å²) in [6.45, 7) is 5.24. The van der Waals surface area contributed by atoms with Gasteiger partial charge in [0.2, 0.25) is 0 Å². The Morgan fingerprint density at radius 3 is 2.40 bits per heavy atom. The molecular weight excluding hydrogens is 212 g/mol. The molecule has 4 heteroatoms. The van der Waals surface area contributed by atoms with Crippen LogP contribution in [0.15, 0.2) is 18.2 Å². The zero-order valence-electron chi connectivity index (χ0n) is 8.96. The van der Waals surface area contributed by atoms with Crippen LogP contribution < -0.4 is 5.73 Å². The summed E-state index contributed by atoms with van der Waals surface area (Å²) in [5.74, 6) is -0.0331. The first kappa shape index (κ1) is 11.9. The number of amides is 1. The highest BCUT2D eigenvalue weighted by Crippen LogP contribution is 2.17. The molecule has 0 saturated heterocycles. The molecule has 1 rings (SSSR count). The Bertz CT molecular complexity index is 341. The summed E-state index contributed by atoms with van der Waals surface area (Å²) in [5, 5.41) is 0.491. The molecular formula is C11H15ClN2O. The van der Waals surface area contributed by atoms with Crippen molar-refractivity contribution in [3.63, 3.8) is 0 Å². The van der Waals surface area contributed by atoms with Gasteiger partial charge >= 0.3 is 0 Å². The highest BCUT2D eigenvalue weighted by Gasteiger charge is 2.13. The number of hydrogen-bond donors (Lipinski definition) is 1. The molecule has 0 heterocycles. The summed E-state index contributed by atoms with van der Waals surface area (Å²) in [6, 6.07) is 4.91. The second-order valence-electron chi connectivity index (χ2n) is 3.25. The molecule has 1 aromatic rings. The van der Waals surface area contributed by atoms with Crippen LogP contribution in [-0.2, 0) is 0 Å². The third kappa shape index (κ3) is 2.86. The predicted octanol–water partition coefficient (Wildman–Crippen LogP) is 2.40. The fourth-order valence-electron chi connectivity index (χ4n) is 1.43. The van der Waals surface area contributed by atoms with E-state index in [0.29, 0.717) is 29.4 Å². The lowest BCUT2D eigenvalue weighted by Gasteiger charge is -2.18. The van der Waals surface area contributed by atoms with Crippen LogP contribution in [0.4, 0.5) is 5.69 Å². The fraction of sp³-hybridized carbons (Fsp3) is 0.364. The number of rotatable bonds is 3. The van der Waals surface area contributed by atoms with E-state index in [4.69, 9.17) is 17.3 Å². The number of benzene rings is 1. The topological polar surface area (TPSA) is 46.3 Å². The van der Waals surface area contributed by atoms with E-state index in [2.05, 4.69) is 0 Å². The monoisotopic (exact) mass is 226 g/mol. The summed E-state index contributed by atoms with van der Waals surface area (Å²) in [6.07, 6.45) is 0. The maximum absolute atomic E-state index is 11.9. The van der Waals surface area contributed by atoms with Gasteiger partial charge in [-0.2, -0.15) is 0 Å². The molecule has 0 unspecified atom stereocenters. The van der Waals surface area contributed by atoms with Crippen LogP contribution in [0.25, 0.3) is 0 Å². The number of carbonyl (C=O) groups excluding carboxylic acids is 1. The Kier molecular flexibility index (Phi) is 3.97. The number of hydrogen-bond acceptors (Lipinski definition) is 2. The maximum atomic E-state index is 11.9. The summed E-state index contributed by atoms with van der Waals surface area (Å²) in [7, 11) is 0. The molecule has 1 amide bonds. The van der Waals surface area contributed by atoms with Crippen LogP contribution >= 0.6 is 11.6 Å². The van der Waals surface area contributed by atoms with Gasteiger partial charge in [-0.15, -0.1) is 0 Å². The summed E-state index contributed by atoms with van der Waals surface area (Å²) < 4.78 is 0. The van der Waals surface area contributed by atoms with E-state index in [-0.39, 0.29) is 5.91 Å². The zero-order chi connectivity index (χ0) is 11.4. The summed E-state index contributed by atoms with van der Waals surface area (Å²) in [5.41, 5.74) is 6.68. The molecule has 82 valence electrons. The maximum Gasteiger partial charge on any atom is 0.253 e. The van der Waals surface area contributed by atoms with E-state index in [1.54, 1.807) is 23.1 Å². The standard InChI is InChI=1S/C11H15ClN2O/c1-3-14(4-2)11(15)8-5-9(12)7-10(13)6-8/h5-7H,3-4,13H2,1-2H3. The molecule has 1 aromatic carbocycles. The average Bonchev–Trinajstić information content (AvgIpc) is 2.18. The van der Waals surface area contributed by atoms with Crippen molar-refractivity contribution in [3.05, 3.63) is 28.8 Å². The zero-order valence-corrected chi connectivity index (χ0v) is 9.71. The van der Waals surface area contributed by atoms with Gasteiger partial charge in [-0.1, -0.05) is 11.6 Å². The van der Waals surface area contributed by atoms with Crippen molar-refractivity contribution >= 4 is 23.2 Å². The van der Waals surface area contributed by atoms with Crippen molar-refractivity contribution in [1.29, 1.82) is 0 Å². The van der Waals surface area contributed by atoms with Crippen LogP contribution in [-0.4, -0.2) is 23.9 Å². The van der Waals surface area contributed by atoms with Crippen molar-refractivity contribution in [1.82, 2.24) is 4.90 Å². The normalized spacial score (nSPS) is 10.1. The molecule has 2 N–H and O–H groups in total. The van der Waals surface area contributed by atoms with E-state index >= 15 is 0 Å². The number of nitrogen functional groups attached to an aromatic ring is 1. The van der Waals surface area contributed by atoms with Gasteiger partial charge in [-0.3, -0.25) is 4.79 Å². The van der Waals surface area contributed by atoms with Crippen molar-refractivity contribution in [2.45, 2.75) is 13.8 Å². The number of nitrogens with two attached hydrogens (primary N) is 1. The third-order valence-corrected chi connectivity index (χ3v) is 2.44. The Labute approximate surface area is 94.8 Å². The molecule has 3 nitrogen and oxygen atoms in total. The quantitative estimate of drug-likeness (QED) is 0.805. The number of nitrogens with zero attached hydrogens (tertiary/aromatic N) is 1. The highest BCUT2D eigenvalue weighted by atomic mass is 35.5. The summed E-state index contributed by atoms with van der Waals surface area (Å²) in [4.78, 5) is 13.7. The minimum atomic E-state index is -0.0331.